The summed E-state index contributed by atoms with van der Waals surface area (Å²) in [6.45, 7) is 0.0844. The SMILES string of the molecule is Cn1cnc2ccc(-c3ccc(CO)cc3)cc21. The molecular formula is C15H14N2O. The van der Waals surface area contributed by atoms with E-state index in [0.29, 0.717) is 0 Å². The van der Waals surface area contributed by atoms with Crippen molar-refractivity contribution in [2.75, 3.05) is 0 Å². The van der Waals surface area contributed by atoms with Crippen LogP contribution in [0.1, 0.15) is 5.56 Å². The number of fused-ring (bicyclic) bond motifs is 1. The summed E-state index contributed by atoms with van der Waals surface area (Å²) in [5.74, 6) is 0. The number of aliphatic hydroxyl groups excluding tert-OH is 1. The second-order valence-corrected chi connectivity index (χ2v) is 4.41. The molecule has 0 amide bonds. The van der Waals surface area contributed by atoms with E-state index in [4.69, 9.17) is 5.11 Å². The Bertz CT molecular complexity index is 683. The van der Waals surface area contributed by atoms with Gasteiger partial charge in [-0.15, -0.1) is 0 Å². The molecule has 18 heavy (non-hydrogen) atoms. The van der Waals surface area contributed by atoms with E-state index in [1.165, 1.54) is 0 Å². The highest BCUT2D eigenvalue weighted by molar-refractivity contribution is 5.82. The van der Waals surface area contributed by atoms with Gasteiger partial charge in [0.15, 0.2) is 0 Å². The van der Waals surface area contributed by atoms with E-state index in [2.05, 4.69) is 17.1 Å². The van der Waals surface area contributed by atoms with Crippen molar-refractivity contribution in [1.82, 2.24) is 9.55 Å². The van der Waals surface area contributed by atoms with Crippen molar-refractivity contribution in [3.05, 3.63) is 54.4 Å². The molecule has 3 heteroatoms. The fourth-order valence-electron chi connectivity index (χ4n) is 2.11. The first-order chi connectivity index (χ1) is 8.78. The van der Waals surface area contributed by atoms with Crippen LogP contribution in [0.25, 0.3) is 22.2 Å². The Hall–Kier alpha value is -2.13. The number of hydrogen-bond acceptors (Lipinski definition) is 2. The number of imidazole rings is 1. The van der Waals surface area contributed by atoms with Crippen molar-refractivity contribution in [1.29, 1.82) is 0 Å². The van der Waals surface area contributed by atoms with Gasteiger partial charge in [0.25, 0.3) is 0 Å². The predicted molar refractivity (Wildman–Crippen MR) is 72.1 cm³/mol. The molecule has 0 fully saturated rings. The lowest BCUT2D eigenvalue weighted by Gasteiger charge is -2.04. The summed E-state index contributed by atoms with van der Waals surface area (Å²) in [5.41, 5.74) is 5.37. The third kappa shape index (κ3) is 1.79. The zero-order valence-corrected chi connectivity index (χ0v) is 10.2. The summed E-state index contributed by atoms with van der Waals surface area (Å²) in [5, 5.41) is 9.04. The molecule has 0 spiro atoms. The summed E-state index contributed by atoms with van der Waals surface area (Å²) >= 11 is 0. The van der Waals surface area contributed by atoms with Crippen LogP contribution in [0.2, 0.25) is 0 Å². The third-order valence-corrected chi connectivity index (χ3v) is 3.20. The highest BCUT2D eigenvalue weighted by Gasteiger charge is 2.03. The second kappa shape index (κ2) is 4.27. The van der Waals surface area contributed by atoms with Gasteiger partial charge in [0.1, 0.15) is 0 Å². The zero-order chi connectivity index (χ0) is 12.5. The molecular weight excluding hydrogens is 224 g/mol. The number of hydrogen-bond donors (Lipinski definition) is 1. The summed E-state index contributed by atoms with van der Waals surface area (Å²) in [7, 11) is 1.99. The van der Waals surface area contributed by atoms with E-state index < -0.39 is 0 Å². The average Bonchev–Trinajstić information content (AvgIpc) is 2.80. The van der Waals surface area contributed by atoms with E-state index >= 15 is 0 Å². The highest BCUT2D eigenvalue weighted by atomic mass is 16.3. The van der Waals surface area contributed by atoms with Crippen LogP contribution in [0, 0.1) is 0 Å². The number of aryl methyl sites for hydroxylation is 1. The number of aliphatic hydroxyl groups is 1. The molecule has 0 aliphatic rings. The molecule has 90 valence electrons. The largest absolute Gasteiger partial charge is 0.392 e. The van der Waals surface area contributed by atoms with Gasteiger partial charge in [-0.1, -0.05) is 30.3 Å². The summed E-state index contributed by atoms with van der Waals surface area (Å²) in [6, 6.07) is 14.2. The van der Waals surface area contributed by atoms with Gasteiger partial charge in [0.05, 0.1) is 24.0 Å². The Kier molecular flexibility index (Phi) is 2.61. The van der Waals surface area contributed by atoms with Gasteiger partial charge in [-0.2, -0.15) is 0 Å². The van der Waals surface area contributed by atoms with Crippen LogP contribution in [-0.4, -0.2) is 14.7 Å². The summed E-state index contributed by atoms with van der Waals surface area (Å²) in [4.78, 5) is 4.31. The van der Waals surface area contributed by atoms with Gasteiger partial charge >= 0.3 is 0 Å². The standard InChI is InChI=1S/C15H14N2O/c1-17-10-16-14-7-6-13(8-15(14)17)12-4-2-11(9-18)3-5-12/h2-8,10,18H,9H2,1H3. The minimum atomic E-state index is 0.0844. The Morgan fingerprint density at radius 3 is 2.50 bits per heavy atom. The number of nitrogens with zero attached hydrogens (tertiary/aromatic N) is 2. The molecule has 0 saturated heterocycles. The fraction of sp³-hybridized carbons (Fsp3) is 0.133. The molecule has 1 aromatic heterocycles. The molecule has 3 nitrogen and oxygen atoms in total. The first kappa shape index (κ1) is 11.0. The maximum absolute atomic E-state index is 9.04. The van der Waals surface area contributed by atoms with Gasteiger partial charge in [0, 0.05) is 7.05 Å². The Labute approximate surface area is 105 Å². The topological polar surface area (TPSA) is 38.0 Å². The normalized spacial score (nSPS) is 11.0. The minimum absolute atomic E-state index is 0.0844. The van der Waals surface area contributed by atoms with Crippen LogP contribution in [0.4, 0.5) is 0 Å². The molecule has 0 saturated carbocycles. The van der Waals surface area contributed by atoms with E-state index in [1.807, 2.05) is 48.3 Å². The van der Waals surface area contributed by atoms with E-state index in [0.717, 1.165) is 27.7 Å². The van der Waals surface area contributed by atoms with Gasteiger partial charge in [0.2, 0.25) is 0 Å². The highest BCUT2D eigenvalue weighted by Crippen LogP contribution is 2.24. The lowest BCUT2D eigenvalue weighted by atomic mass is 10.0. The molecule has 3 aromatic rings. The maximum Gasteiger partial charge on any atom is 0.0955 e. The first-order valence-corrected chi connectivity index (χ1v) is 5.89. The lowest BCUT2D eigenvalue weighted by Crippen LogP contribution is -1.86. The predicted octanol–water partition coefficient (Wildman–Crippen LogP) is 2.73. The van der Waals surface area contributed by atoms with Gasteiger partial charge < -0.3 is 9.67 Å². The van der Waals surface area contributed by atoms with Crippen LogP contribution < -0.4 is 0 Å². The molecule has 0 aliphatic carbocycles. The minimum Gasteiger partial charge on any atom is -0.392 e. The quantitative estimate of drug-likeness (QED) is 0.745. The molecule has 0 aliphatic heterocycles. The molecule has 0 atom stereocenters. The average molecular weight is 238 g/mol. The van der Waals surface area contributed by atoms with E-state index in [-0.39, 0.29) is 6.61 Å². The molecule has 2 aromatic carbocycles. The van der Waals surface area contributed by atoms with Crippen molar-refractivity contribution >= 4 is 11.0 Å². The fourth-order valence-corrected chi connectivity index (χ4v) is 2.11. The van der Waals surface area contributed by atoms with Crippen molar-refractivity contribution in [3.8, 4) is 11.1 Å². The Morgan fingerprint density at radius 1 is 1.06 bits per heavy atom. The van der Waals surface area contributed by atoms with Crippen LogP contribution >= 0.6 is 0 Å². The number of rotatable bonds is 2. The van der Waals surface area contributed by atoms with E-state index in [9.17, 15) is 0 Å². The van der Waals surface area contributed by atoms with Gasteiger partial charge in [-0.3, -0.25) is 0 Å². The monoisotopic (exact) mass is 238 g/mol. The van der Waals surface area contributed by atoms with Crippen molar-refractivity contribution < 1.29 is 5.11 Å². The number of benzene rings is 2. The maximum atomic E-state index is 9.04. The Balaban J connectivity index is 2.09. The lowest BCUT2D eigenvalue weighted by molar-refractivity contribution is 0.282. The molecule has 0 radical (unpaired) electrons. The van der Waals surface area contributed by atoms with Crippen molar-refractivity contribution in [2.24, 2.45) is 7.05 Å². The second-order valence-electron chi connectivity index (χ2n) is 4.41. The zero-order valence-electron chi connectivity index (χ0n) is 10.2. The van der Waals surface area contributed by atoms with Crippen molar-refractivity contribution in [2.45, 2.75) is 6.61 Å². The van der Waals surface area contributed by atoms with Crippen LogP contribution in [-0.2, 0) is 13.7 Å². The van der Waals surface area contributed by atoms with E-state index in [1.54, 1.807) is 0 Å². The first-order valence-electron chi connectivity index (χ1n) is 5.89. The smallest absolute Gasteiger partial charge is 0.0955 e. The summed E-state index contributed by atoms with van der Waals surface area (Å²) < 4.78 is 2.01. The van der Waals surface area contributed by atoms with Crippen molar-refractivity contribution in [3.63, 3.8) is 0 Å². The summed E-state index contributed by atoms with van der Waals surface area (Å²) in [6.07, 6.45) is 1.82. The molecule has 0 unspecified atom stereocenters. The molecule has 3 rings (SSSR count). The van der Waals surface area contributed by atoms with Gasteiger partial charge in [-0.05, 0) is 28.8 Å². The molecule has 1 N–H and O–H groups in total. The molecule has 1 heterocycles. The number of aromatic nitrogens is 2. The van der Waals surface area contributed by atoms with Crippen LogP contribution in [0.3, 0.4) is 0 Å². The van der Waals surface area contributed by atoms with Gasteiger partial charge in [-0.25, -0.2) is 4.98 Å². The Morgan fingerprint density at radius 2 is 1.78 bits per heavy atom. The van der Waals surface area contributed by atoms with Crippen LogP contribution in [0.5, 0.6) is 0 Å². The van der Waals surface area contributed by atoms with Crippen LogP contribution in [0.15, 0.2) is 48.8 Å². The molecule has 0 bridgehead atoms. The third-order valence-electron chi connectivity index (χ3n) is 3.20.